The van der Waals surface area contributed by atoms with Gasteiger partial charge in [-0.25, -0.2) is 0 Å². The van der Waals surface area contributed by atoms with Crippen molar-refractivity contribution < 1.29 is 19.9 Å². The summed E-state index contributed by atoms with van der Waals surface area (Å²) >= 11 is 0. The van der Waals surface area contributed by atoms with E-state index in [0.717, 1.165) is 0 Å². The highest BCUT2D eigenvalue weighted by Crippen LogP contribution is 2.22. The minimum absolute atomic E-state index is 0. The van der Waals surface area contributed by atoms with Gasteiger partial charge in [-0.1, -0.05) is 24.3 Å². The van der Waals surface area contributed by atoms with Gasteiger partial charge in [0.15, 0.2) is 0 Å². The van der Waals surface area contributed by atoms with Gasteiger partial charge in [-0.05, 0) is 37.8 Å². The first-order chi connectivity index (χ1) is 12.7. The van der Waals surface area contributed by atoms with E-state index >= 15 is 0 Å². The molecule has 1 aromatic carbocycles. The number of nitrogens with zero attached hydrogens (tertiary/aromatic N) is 2. The molecule has 0 aliphatic carbocycles. The molecule has 0 bridgehead atoms. The molecule has 0 saturated carbocycles. The monoisotopic (exact) mass is 392 g/mol. The van der Waals surface area contributed by atoms with Gasteiger partial charge in [-0.2, -0.15) is 0 Å². The molecule has 162 valence electrons. The highest BCUT2D eigenvalue weighted by Gasteiger charge is 2.30. The van der Waals surface area contributed by atoms with Crippen molar-refractivity contribution in [3.63, 3.8) is 0 Å². The number of rotatable bonds is 10. The molecule has 0 spiro atoms. The SMILES string of the molecule is CC[N+]1(CCCc2cccc(CCC[N+]3(CC)CCCC3)c2)CCCC1.[OH-].[OH-]. The second-order valence-electron chi connectivity index (χ2n) is 9.10. The fraction of sp³-hybridized carbons (Fsp3) is 0.750. The van der Waals surface area contributed by atoms with Gasteiger partial charge in [0, 0.05) is 38.5 Å². The molecule has 2 aliphatic heterocycles. The molecule has 4 nitrogen and oxygen atoms in total. The highest BCUT2D eigenvalue weighted by atomic mass is 16.0. The highest BCUT2D eigenvalue weighted by molar-refractivity contribution is 5.23. The van der Waals surface area contributed by atoms with E-state index in [1.165, 1.54) is 113 Å². The van der Waals surface area contributed by atoms with Crippen LogP contribution in [0.2, 0.25) is 0 Å². The third kappa shape index (κ3) is 6.55. The molecule has 1 aromatic rings. The van der Waals surface area contributed by atoms with Crippen molar-refractivity contribution in [3.05, 3.63) is 35.4 Å². The van der Waals surface area contributed by atoms with Crippen LogP contribution in [0.15, 0.2) is 24.3 Å². The van der Waals surface area contributed by atoms with E-state index in [1.54, 1.807) is 11.1 Å². The summed E-state index contributed by atoms with van der Waals surface area (Å²) in [6, 6.07) is 9.50. The van der Waals surface area contributed by atoms with Crippen molar-refractivity contribution in [1.29, 1.82) is 0 Å². The maximum Gasteiger partial charge on any atom is 0.0789 e. The fourth-order valence-corrected chi connectivity index (χ4v) is 5.59. The topological polar surface area (TPSA) is 60.0 Å². The Morgan fingerprint density at radius 3 is 1.43 bits per heavy atom. The zero-order valence-corrected chi connectivity index (χ0v) is 18.4. The smallest absolute Gasteiger partial charge is 0.0789 e. The van der Waals surface area contributed by atoms with Crippen LogP contribution in [0.3, 0.4) is 0 Å². The van der Waals surface area contributed by atoms with E-state index in [1.807, 2.05) is 0 Å². The standard InChI is InChI=1S/C24H42N2.2H2O/c1-3-25(16-5-6-17-25)20-10-14-23-12-9-13-24(22-23)15-11-21-26(4-2)18-7-8-19-26;;/h9,12-13,22H,3-8,10-11,14-21H2,1-2H3;2*1H2/q+2;;/p-2. The van der Waals surface area contributed by atoms with Crippen LogP contribution in [0.5, 0.6) is 0 Å². The summed E-state index contributed by atoms with van der Waals surface area (Å²) in [5, 5.41) is 0. The van der Waals surface area contributed by atoms with Crippen LogP contribution < -0.4 is 0 Å². The average molecular weight is 393 g/mol. The summed E-state index contributed by atoms with van der Waals surface area (Å²) in [6.07, 6.45) is 11.0. The molecule has 0 aromatic heterocycles. The van der Waals surface area contributed by atoms with Crippen LogP contribution >= 0.6 is 0 Å². The molecular formula is C24H44N2O2. The summed E-state index contributed by atoms with van der Waals surface area (Å²) in [7, 11) is 0. The molecule has 2 heterocycles. The van der Waals surface area contributed by atoms with E-state index in [2.05, 4.69) is 38.1 Å². The maximum absolute atomic E-state index is 2.50. The van der Waals surface area contributed by atoms with Crippen LogP contribution in [0.1, 0.15) is 63.5 Å². The van der Waals surface area contributed by atoms with Crippen molar-refractivity contribution in [1.82, 2.24) is 0 Å². The number of quaternary nitrogens is 2. The Hall–Kier alpha value is -0.940. The third-order valence-corrected chi connectivity index (χ3v) is 7.56. The Morgan fingerprint density at radius 2 is 1.07 bits per heavy atom. The summed E-state index contributed by atoms with van der Waals surface area (Å²) in [4.78, 5) is 0. The van der Waals surface area contributed by atoms with Gasteiger partial charge >= 0.3 is 0 Å². The normalized spacial score (nSPS) is 19.8. The summed E-state index contributed by atoms with van der Waals surface area (Å²) in [5.74, 6) is 0. The molecule has 0 atom stereocenters. The Morgan fingerprint density at radius 1 is 0.679 bits per heavy atom. The number of hydrogen-bond donors (Lipinski definition) is 0. The molecule has 4 heteroatoms. The first-order valence-electron chi connectivity index (χ1n) is 11.5. The van der Waals surface area contributed by atoms with Gasteiger partial charge in [0.1, 0.15) is 0 Å². The maximum atomic E-state index is 2.50. The lowest BCUT2D eigenvalue weighted by Gasteiger charge is -2.33. The average Bonchev–Trinajstić information content (AvgIpc) is 3.33. The number of benzene rings is 1. The molecule has 2 fully saturated rings. The quantitative estimate of drug-likeness (QED) is 0.552. The zero-order chi connectivity index (χ0) is 18.3. The Bertz CT molecular complexity index is 504. The molecular weight excluding hydrogens is 348 g/mol. The van der Waals surface area contributed by atoms with Crippen molar-refractivity contribution in [3.8, 4) is 0 Å². The van der Waals surface area contributed by atoms with Gasteiger partial charge in [0.2, 0.25) is 0 Å². The van der Waals surface area contributed by atoms with Crippen molar-refractivity contribution in [2.24, 2.45) is 0 Å². The van der Waals surface area contributed by atoms with E-state index in [0.29, 0.717) is 0 Å². The predicted molar refractivity (Wildman–Crippen MR) is 116 cm³/mol. The van der Waals surface area contributed by atoms with E-state index in [-0.39, 0.29) is 11.0 Å². The van der Waals surface area contributed by atoms with Crippen LogP contribution in [0.4, 0.5) is 0 Å². The second kappa shape index (κ2) is 11.9. The lowest BCUT2D eigenvalue weighted by atomic mass is 10.0. The second-order valence-corrected chi connectivity index (χ2v) is 9.10. The van der Waals surface area contributed by atoms with Gasteiger partial charge in [0.05, 0.1) is 52.4 Å². The Kier molecular flexibility index (Phi) is 10.7. The Labute approximate surface area is 173 Å². The van der Waals surface area contributed by atoms with Crippen molar-refractivity contribution in [2.75, 3.05) is 52.4 Å². The van der Waals surface area contributed by atoms with Crippen molar-refractivity contribution >= 4 is 0 Å². The first kappa shape index (κ1) is 25.1. The van der Waals surface area contributed by atoms with Crippen LogP contribution in [0, 0.1) is 0 Å². The van der Waals surface area contributed by atoms with E-state index in [4.69, 9.17) is 0 Å². The summed E-state index contributed by atoms with van der Waals surface area (Å²) < 4.78 is 2.77. The van der Waals surface area contributed by atoms with Crippen LogP contribution in [-0.2, 0) is 12.8 Å². The van der Waals surface area contributed by atoms with Crippen molar-refractivity contribution in [2.45, 2.75) is 65.2 Å². The largest absolute Gasteiger partial charge is 0.870 e. The van der Waals surface area contributed by atoms with E-state index < -0.39 is 0 Å². The Balaban J connectivity index is 0.00000196. The third-order valence-electron chi connectivity index (χ3n) is 7.56. The lowest BCUT2D eigenvalue weighted by molar-refractivity contribution is -0.915. The molecule has 3 rings (SSSR count). The van der Waals surface area contributed by atoms with Crippen LogP contribution in [0.25, 0.3) is 0 Å². The number of hydrogen-bond acceptors (Lipinski definition) is 2. The molecule has 0 unspecified atom stereocenters. The molecule has 0 amide bonds. The molecule has 2 N–H and O–H groups in total. The molecule has 2 saturated heterocycles. The molecule has 0 radical (unpaired) electrons. The number of aryl methyl sites for hydroxylation is 2. The zero-order valence-electron chi connectivity index (χ0n) is 18.4. The minimum Gasteiger partial charge on any atom is -0.870 e. The summed E-state index contributed by atoms with van der Waals surface area (Å²) in [6.45, 7) is 15.9. The van der Waals surface area contributed by atoms with Gasteiger partial charge in [0.25, 0.3) is 0 Å². The van der Waals surface area contributed by atoms with Gasteiger partial charge in [-0.3, -0.25) is 0 Å². The summed E-state index contributed by atoms with van der Waals surface area (Å²) in [5.41, 5.74) is 3.13. The molecule has 28 heavy (non-hydrogen) atoms. The number of likely N-dealkylation sites (tertiary alicyclic amines) is 2. The van der Waals surface area contributed by atoms with Gasteiger partial charge < -0.3 is 19.9 Å². The van der Waals surface area contributed by atoms with Crippen LogP contribution in [-0.4, -0.2) is 72.3 Å². The minimum atomic E-state index is 0. The fourth-order valence-electron chi connectivity index (χ4n) is 5.59. The lowest BCUT2D eigenvalue weighted by Crippen LogP contribution is -2.45. The van der Waals surface area contributed by atoms with E-state index in [9.17, 15) is 0 Å². The predicted octanol–water partition coefficient (Wildman–Crippen LogP) is 4.46. The molecule has 2 aliphatic rings. The van der Waals surface area contributed by atoms with Gasteiger partial charge in [-0.15, -0.1) is 0 Å². The first-order valence-corrected chi connectivity index (χ1v) is 11.5.